The van der Waals surface area contributed by atoms with E-state index in [9.17, 15) is 27.9 Å². The maximum atomic E-state index is 13.7. The van der Waals surface area contributed by atoms with Crippen molar-refractivity contribution in [1.29, 1.82) is 0 Å². The molecule has 0 aliphatic carbocycles. The number of primary amides is 1. The van der Waals surface area contributed by atoms with E-state index >= 15 is 0 Å². The molecule has 12 heteroatoms. The SMILES string of the molecule is CCCN(CC(O)C(Cc1ccccc1)NC(=O)c1cc(C(N)=O)cc(C(=O)N(CCC)CCC)c1)NS(=O)(=O)c1ccccc1. The van der Waals surface area contributed by atoms with E-state index in [1.807, 2.05) is 51.1 Å². The number of nitrogens with one attached hydrogen (secondary N) is 2. The maximum absolute atomic E-state index is 13.7. The Balaban J connectivity index is 1.91. The van der Waals surface area contributed by atoms with E-state index in [0.29, 0.717) is 26.1 Å². The molecule has 5 N–H and O–H groups in total. The number of hydrazine groups is 1. The van der Waals surface area contributed by atoms with E-state index in [-0.39, 0.29) is 40.5 Å². The molecule has 0 saturated carbocycles. The van der Waals surface area contributed by atoms with Gasteiger partial charge in [0.25, 0.3) is 21.8 Å². The third-order valence-electron chi connectivity index (χ3n) is 7.28. The number of carbonyl (C=O) groups excluding carboxylic acids is 3. The molecule has 46 heavy (non-hydrogen) atoms. The Bertz CT molecular complexity index is 1550. The Morgan fingerprint density at radius 3 is 1.91 bits per heavy atom. The molecule has 0 aromatic heterocycles. The maximum Gasteiger partial charge on any atom is 0.253 e. The topological polar surface area (TPSA) is 162 Å². The van der Waals surface area contributed by atoms with Crippen LogP contribution >= 0.6 is 0 Å². The van der Waals surface area contributed by atoms with Crippen LogP contribution in [0, 0.1) is 0 Å². The molecule has 0 aliphatic rings. The molecular weight excluding hydrogens is 606 g/mol. The predicted molar refractivity (Wildman–Crippen MR) is 177 cm³/mol. The monoisotopic (exact) mass is 651 g/mol. The van der Waals surface area contributed by atoms with E-state index in [4.69, 9.17) is 5.73 Å². The molecule has 11 nitrogen and oxygen atoms in total. The number of nitrogens with zero attached hydrogens (tertiary/aromatic N) is 2. The van der Waals surface area contributed by atoms with Crippen molar-refractivity contribution in [2.45, 2.75) is 63.5 Å². The molecule has 0 fully saturated rings. The standard InChI is InChI=1S/C34H45N5O6S/c1-4-17-38(18-5-2)34(43)28-22-26(32(35)41)21-27(23-28)33(42)36-30(20-25-13-9-7-10-14-25)31(40)24-39(19-6-3)37-46(44,45)29-15-11-8-12-16-29/h7-16,21-23,30-31,37,40H,4-6,17-20,24H2,1-3H3,(H2,35,41)(H,36,42). The second-order valence-corrected chi connectivity index (χ2v) is 12.8. The van der Waals surface area contributed by atoms with E-state index in [1.54, 1.807) is 23.1 Å². The Morgan fingerprint density at radius 1 is 0.804 bits per heavy atom. The lowest BCUT2D eigenvalue weighted by Gasteiger charge is -2.30. The number of hydrogen-bond donors (Lipinski definition) is 4. The summed E-state index contributed by atoms with van der Waals surface area (Å²) in [5.41, 5.74) is 6.61. The molecule has 3 aromatic rings. The van der Waals surface area contributed by atoms with Crippen LogP contribution < -0.4 is 15.9 Å². The molecule has 2 atom stereocenters. The lowest BCUT2D eigenvalue weighted by molar-refractivity contribution is 0.0619. The Hall–Kier alpha value is -4.10. The highest BCUT2D eigenvalue weighted by atomic mass is 32.2. The van der Waals surface area contributed by atoms with Crippen molar-refractivity contribution in [3.05, 3.63) is 101 Å². The van der Waals surface area contributed by atoms with Gasteiger partial charge in [-0.1, -0.05) is 69.3 Å². The van der Waals surface area contributed by atoms with Crippen molar-refractivity contribution in [2.24, 2.45) is 5.73 Å². The average molecular weight is 652 g/mol. The lowest BCUT2D eigenvalue weighted by Crippen LogP contribution is -2.53. The fourth-order valence-corrected chi connectivity index (χ4v) is 6.21. The van der Waals surface area contributed by atoms with Gasteiger partial charge in [-0.3, -0.25) is 14.4 Å². The second-order valence-electron chi connectivity index (χ2n) is 11.1. The van der Waals surface area contributed by atoms with Crippen molar-refractivity contribution in [3.8, 4) is 0 Å². The van der Waals surface area contributed by atoms with Gasteiger partial charge >= 0.3 is 0 Å². The summed E-state index contributed by atoms with van der Waals surface area (Å²) in [5, 5.41) is 15.8. The van der Waals surface area contributed by atoms with Gasteiger partial charge in [-0.15, -0.1) is 4.83 Å². The first kappa shape index (κ1) is 36.4. The fraction of sp³-hybridized carbons (Fsp3) is 0.382. The normalized spacial score (nSPS) is 12.8. The first-order chi connectivity index (χ1) is 22.0. The third kappa shape index (κ3) is 10.5. The molecular formula is C34H45N5O6S. The van der Waals surface area contributed by atoms with Crippen molar-refractivity contribution in [3.63, 3.8) is 0 Å². The Morgan fingerprint density at radius 2 is 1.35 bits per heavy atom. The van der Waals surface area contributed by atoms with Crippen LogP contribution in [-0.4, -0.2) is 79.5 Å². The fourth-order valence-electron chi connectivity index (χ4n) is 5.08. The molecule has 0 heterocycles. The number of rotatable bonds is 18. The van der Waals surface area contributed by atoms with E-state index in [1.165, 1.54) is 35.3 Å². The number of aliphatic hydroxyl groups excluding tert-OH is 1. The number of hydrogen-bond acceptors (Lipinski definition) is 7. The minimum Gasteiger partial charge on any atom is -0.390 e. The number of benzene rings is 3. The smallest absolute Gasteiger partial charge is 0.253 e. The van der Waals surface area contributed by atoms with Crippen molar-refractivity contribution < 1.29 is 27.9 Å². The lowest BCUT2D eigenvalue weighted by atomic mass is 9.99. The zero-order chi connectivity index (χ0) is 33.7. The average Bonchev–Trinajstić information content (AvgIpc) is 3.04. The number of carbonyl (C=O) groups is 3. The summed E-state index contributed by atoms with van der Waals surface area (Å²) in [6, 6.07) is 20.4. The van der Waals surface area contributed by atoms with Crippen LogP contribution in [0.3, 0.4) is 0 Å². The molecule has 3 rings (SSSR count). The van der Waals surface area contributed by atoms with Crippen molar-refractivity contribution in [1.82, 2.24) is 20.1 Å². The summed E-state index contributed by atoms with van der Waals surface area (Å²) >= 11 is 0. The zero-order valence-electron chi connectivity index (χ0n) is 26.7. The second kappa shape index (κ2) is 17.6. The molecule has 248 valence electrons. The van der Waals surface area contributed by atoms with Gasteiger partial charge in [-0.2, -0.15) is 0 Å². The molecule has 3 amide bonds. The number of aliphatic hydroxyl groups is 1. The quantitative estimate of drug-likeness (QED) is 0.153. The highest BCUT2D eigenvalue weighted by molar-refractivity contribution is 7.89. The largest absolute Gasteiger partial charge is 0.390 e. The summed E-state index contributed by atoms with van der Waals surface area (Å²) in [4.78, 5) is 43.6. The number of nitrogens with two attached hydrogens (primary N) is 1. The van der Waals surface area contributed by atoms with Gasteiger partial charge in [-0.05, 0) is 61.6 Å². The van der Waals surface area contributed by atoms with Gasteiger partial charge in [0.05, 0.1) is 17.0 Å². The molecule has 0 bridgehead atoms. The van der Waals surface area contributed by atoms with Crippen LogP contribution in [0.4, 0.5) is 0 Å². The van der Waals surface area contributed by atoms with E-state index in [0.717, 1.165) is 18.4 Å². The van der Waals surface area contributed by atoms with Crippen LogP contribution in [0.1, 0.15) is 76.7 Å². The van der Waals surface area contributed by atoms with Crippen LogP contribution in [-0.2, 0) is 16.4 Å². The molecule has 3 aromatic carbocycles. The minimum atomic E-state index is -3.92. The van der Waals surface area contributed by atoms with Gasteiger partial charge in [-0.25, -0.2) is 13.4 Å². The molecule has 0 spiro atoms. The summed E-state index contributed by atoms with van der Waals surface area (Å²) in [6.45, 7) is 7.00. The summed E-state index contributed by atoms with van der Waals surface area (Å²) in [6.07, 6.45) is 1.07. The summed E-state index contributed by atoms with van der Waals surface area (Å²) < 4.78 is 26.1. The summed E-state index contributed by atoms with van der Waals surface area (Å²) in [7, 11) is -3.92. The predicted octanol–water partition coefficient (Wildman–Crippen LogP) is 3.36. The van der Waals surface area contributed by atoms with Crippen LogP contribution in [0.25, 0.3) is 0 Å². The first-order valence-corrected chi connectivity index (χ1v) is 17.1. The first-order valence-electron chi connectivity index (χ1n) is 15.6. The van der Waals surface area contributed by atoms with Crippen molar-refractivity contribution >= 4 is 27.7 Å². The zero-order valence-corrected chi connectivity index (χ0v) is 27.5. The minimum absolute atomic E-state index is 0.00791. The van der Waals surface area contributed by atoms with Gasteiger partial charge in [0.2, 0.25) is 5.91 Å². The molecule has 0 radical (unpaired) electrons. The van der Waals surface area contributed by atoms with Crippen LogP contribution in [0.5, 0.6) is 0 Å². The Labute approximate surface area is 271 Å². The third-order valence-corrected chi connectivity index (χ3v) is 8.68. The van der Waals surface area contributed by atoms with Crippen LogP contribution in [0.2, 0.25) is 0 Å². The van der Waals surface area contributed by atoms with Gasteiger partial charge < -0.3 is 21.1 Å². The molecule has 2 unspecified atom stereocenters. The van der Waals surface area contributed by atoms with E-state index in [2.05, 4.69) is 10.1 Å². The van der Waals surface area contributed by atoms with Gasteiger partial charge in [0, 0.05) is 42.9 Å². The number of amides is 3. The molecule has 0 aliphatic heterocycles. The molecule has 0 saturated heterocycles. The highest BCUT2D eigenvalue weighted by Gasteiger charge is 2.28. The van der Waals surface area contributed by atoms with E-state index < -0.39 is 34.0 Å². The van der Waals surface area contributed by atoms with Gasteiger partial charge in [0.1, 0.15) is 0 Å². The number of sulfonamides is 1. The Kier molecular flexibility index (Phi) is 13.9. The van der Waals surface area contributed by atoms with Crippen LogP contribution in [0.15, 0.2) is 83.8 Å². The highest BCUT2D eigenvalue weighted by Crippen LogP contribution is 2.16. The summed E-state index contributed by atoms with van der Waals surface area (Å²) in [5.74, 6) is -1.73. The van der Waals surface area contributed by atoms with Gasteiger partial charge in [0.15, 0.2) is 0 Å². The van der Waals surface area contributed by atoms with Crippen molar-refractivity contribution in [2.75, 3.05) is 26.2 Å².